The van der Waals surface area contributed by atoms with Crippen molar-refractivity contribution in [3.05, 3.63) is 41.1 Å². The Morgan fingerprint density at radius 2 is 1.53 bits per heavy atom. The Bertz CT molecular complexity index is 501. The minimum atomic E-state index is 0.273. The Morgan fingerprint density at radius 3 is 2.11 bits per heavy atom. The van der Waals surface area contributed by atoms with Crippen LogP contribution in [0, 0.1) is 0 Å². The van der Waals surface area contributed by atoms with Crippen LogP contribution in [0.2, 0.25) is 5.02 Å². The van der Waals surface area contributed by atoms with Crippen LogP contribution in [-0.2, 0) is 4.79 Å². The highest BCUT2D eigenvalue weighted by Gasteiger charge is 2.22. The van der Waals surface area contributed by atoms with Crippen LogP contribution >= 0.6 is 11.6 Å². The molecule has 0 spiro atoms. The van der Waals surface area contributed by atoms with Crippen molar-refractivity contribution >= 4 is 23.1 Å². The van der Waals surface area contributed by atoms with E-state index in [2.05, 4.69) is 21.9 Å². The van der Waals surface area contributed by atoms with E-state index in [0.717, 1.165) is 37.6 Å². The van der Waals surface area contributed by atoms with Crippen molar-refractivity contribution in [2.24, 2.45) is 0 Å². The number of hydrogen-bond acceptors (Lipinski definition) is 3. The molecule has 1 heterocycles. The van der Waals surface area contributed by atoms with Crippen molar-refractivity contribution < 1.29 is 4.79 Å². The fourth-order valence-corrected chi connectivity index (χ4v) is 2.86. The summed E-state index contributed by atoms with van der Waals surface area (Å²) >= 11 is 5.91. The first-order valence-corrected chi connectivity index (χ1v) is 7.09. The van der Waals surface area contributed by atoms with E-state index in [-0.39, 0.29) is 5.78 Å². The molecule has 4 heteroatoms. The molecular formula is C15H17ClN2O. The zero-order valence-electron chi connectivity index (χ0n) is 10.8. The molecule has 0 N–H and O–H groups in total. The molecule has 1 saturated heterocycles. The molecule has 19 heavy (non-hydrogen) atoms. The zero-order valence-corrected chi connectivity index (χ0v) is 11.6. The van der Waals surface area contributed by atoms with Crippen LogP contribution in [0.1, 0.15) is 12.8 Å². The number of carbonyl (C=O) groups excluding carboxylic acids is 1. The number of anilines is 1. The van der Waals surface area contributed by atoms with E-state index in [1.165, 1.54) is 11.4 Å². The molecule has 0 atom stereocenters. The highest BCUT2D eigenvalue weighted by Crippen LogP contribution is 2.23. The Kier molecular flexibility index (Phi) is 3.47. The Morgan fingerprint density at radius 1 is 0.895 bits per heavy atom. The minimum absolute atomic E-state index is 0.273. The van der Waals surface area contributed by atoms with Gasteiger partial charge >= 0.3 is 0 Å². The van der Waals surface area contributed by atoms with Crippen molar-refractivity contribution in [3.63, 3.8) is 0 Å². The highest BCUT2D eigenvalue weighted by atomic mass is 35.5. The van der Waals surface area contributed by atoms with Crippen molar-refractivity contribution in [1.29, 1.82) is 0 Å². The molecule has 1 fully saturated rings. The summed E-state index contributed by atoms with van der Waals surface area (Å²) in [6, 6.07) is 8.00. The molecule has 0 amide bonds. The molecule has 3 nitrogen and oxygen atoms in total. The van der Waals surface area contributed by atoms with E-state index >= 15 is 0 Å². The third-order valence-corrected chi connectivity index (χ3v) is 4.08. The summed E-state index contributed by atoms with van der Waals surface area (Å²) in [5.41, 5.74) is 2.45. The molecular weight excluding hydrogens is 260 g/mol. The van der Waals surface area contributed by atoms with Gasteiger partial charge in [-0.25, -0.2) is 0 Å². The number of piperazine rings is 1. The maximum absolute atomic E-state index is 11.3. The molecule has 0 radical (unpaired) electrons. The zero-order chi connectivity index (χ0) is 13.2. The van der Waals surface area contributed by atoms with E-state index in [1.807, 2.05) is 18.2 Å². The van der Waals surface area contributed by atoms with Crippen LogP contribution in [0.15, 0.2) is 36.0 Å². The molecule has 0 bridgehead atoms. The molecule has 2 aliphatic rings. The van der Waals surface area contributed by atoms with Crippen LogP contribution in [0.3, 0.4) is 0 Å². The average Bonchev–Trinajstić information content (AvgIpc) is 2.87. The van der Waals surface area contributed by atoms with Crippen molar-refractivity contribution in [2.45, 2.75) is 12.8 Å². The van der Waals surface area contributed by atoms with Crippen molar-refractivity contribution in [1.82, 2.24) is 4.90 Å². The van der Waals surface area contributed by atoms with Crippen LogP contribution in [-0.4, -0.2) is 36.9 Å². The van der Waals surface area contributed by atoms with Gasteiger partial charge in [-0.3, -0.25) is 4.79 Å². The molecule has 1 aliphatic carbocycles. The second kappa shape index (κ2) is 5.25. The number of carbonyl (C=O) groups is 1. The smallest absolute Gasteiger partial charge is 0.157 e. The Balaban J connectivity index is 1.62. The standard InChI is InChI=1S/C15H17ClN2O/c16-12-1-3-13(4-2-12)17-7-9-18(10-8-17)14-5-6-15(19)11-14/h1-4,11H,5-10H2. The van der Waals surface area contributed by atoms with Gasteiger partial charge in [0, 0.05) is 55.1 Å². The third-order valence-electron chi connectivity index (χ3n) is 3.83. The number of ketones is 1. The fourth-order valence-electron chi connectivity index (χ4n) is 2.73. The average molecular weight is 277 g/mol. The van der Waals surface area contributed by atoms with Gasteiger partial charge in [0.25, 0.3) is 0 Å². The van der Waals surface area contributed by atoms with E-state index < -0.39 is 0 Å². The highest BCUT2D eigenvalue weighted by molar-refractivity contribution is 6.30. The lowest BCUT2D eigenvalue weighted by Crippen LogP contribution is -2.45. The SMILES string of the molecule is O=C1C=C(N2CCN(c3ccc(Cl)cc3)CC2)CC1. The summed E-state index contributed by atoms with van der Waals surface area (Å²) in [5, 5.41) is 0.775. The van der Waals surface area contributed by atoms with Gasteiger partial charge in [0.1, 0.15) is 0 Å². The number of hydrogen-bond donors (Lipinski definition) is 0. The Hall–Kier alpha value is -1.48. The summed E-state index contributed by atoms with van der Waals surface area (Å²) in [4.78, 5) is 16.0. The summed E-state index contributed by atoms with van der Waals surface area (Å²) in [7, 11) is 0. The van der Waals surface area contributed by atoms with Gasteiger partial charge in [0.15, 0.2) is 5.78 Å². The molecule has 0 unspecified atom stereocenters. The minimum Gasteiger partial charge on any atom is -0.371 e. The molecule has 1 aliphatic heterocycles. The predicted molar refractivity (Wildman–Crippen MR) is 77.6 cm³/mol. The van der Waals surface area contributed by atoms with E-state index in [0.29, 0.717) is 6.42 Å². The van der Waals surface area contributed by atoms with Crippen molar-refractivity contribution in [3.8, 4) is 0 Å². The maximum Gasteiger partial charge on any atom is 0.157 e. The van der Waals surface area contributed by atoms with Crippen LogP contribution in [0.5, 0.6) is 0 Å². The fraction of sp³-hybridized carbons (Fsp3) is 0.400. The van der Waals surface area contributed by atoms with Gasteiger partial charge in [0.05, 0.1) is 0 Å². The summed E-state index contributed by atoms with van der Waals surface area (Å²) in [6.45, 7) is 3.96. The maximum atomic E-state index is 11.3. The second-order valence-corrected chi connectivity index (χ2v) is 5.49. The van der Waals surface area contributed by atoms with Crippen LogP contribution in [0.4, 0.5) is 5.69 Å². The molecule has 1 aromatic carbocycles. The first-order chi connectivity index (χ1) is 9.22. The lowest BCUT2D eigenvalue weighted by atomic mass is 10.2. The molecule has 100 valence electrons. The Labute approximate surface area is 118 Å². The van der Waals surface area contributed by atoms with Gasteiger partial charge in [-0.2, -0.15) is 0 Å². The summed E-state index contributed by atoms with van der Waals surface area (Å²) in [5.74, 6) is 0.273. The molecule has 0 saturated carbocycles. The number of rotatable bonds is 2. The van der Waals surface area contributed by atoms with Gasteiger partial charge in [-0.05, 0) is 30.7 Å². The van der Waals surface area contributed by atoms with Gasteiger partial charge < -0.3 is 9.80 Å². The predicted octanol–water partition coefficient (Wildman–Crippen LogP) is 2.71. The molecule has 3 rings (SSSR count). The second-order valence-electron chi connectivity index (χ2n) is 5.05. The number of allylic oxidation sites excluding steroid dienone is 2. The number of benzene rings is 1. The van der Waals surface area contributed by atoms with Gasteiger partial charge in [0.2, 0.25) is 0 Å². The molecule has 0 aromatic heterocycles. The van der Waals surface area contributed by atoms with Crippen LogP contribution in [0.25, 0.3) is 0 Å². The van der Waals surface area contributed by atoms with Crippen LogP contribution < -0.4 is 4.90 Å². The number of nitrogens with zero attached hydrogens (tertiary/aromatic N) is 2. The lowest BCUT2D eigenvalue weighted by Gasteiger charge is -2.38. The van der Waals surface area contributed by atoms with E-state index in [9.17, 15) is 4.79 Å². The van der Waals surface area contributed by atoms with Crippen molar-refractivity contribution in [2.75, 3.05) is 31.1 Å². The molecule has 1 aromatic rings. The normalized spacial score (nSPS) is 19.8. The topological polar surface area (TPSA) is 23.6 Å². The monoisotopic (exact) mass is 276 g/mol. The third kappa shape index (κ3) is 2.76. The first-order valence-electron chi connectivity index (χ1n) is 6.71. The van der Waals surface area contributed by atoms with E-state index in [4.69, 9.17) is 11.6 Å². The first kappa shape index (κ1) is 12.5. The summed E-state index contributed by atoms with van der Waals surface area (Å²) in [6.07, 6.45) is 3.42. The van der Waals surface area contributed by atoms with Gasteiger partial charge in [-0.15, -0.1) is 0 Å². The number of halogens is 1. The summed E-state index contributed by atoms with van der Waals surface area (Å²) < 4.78 is 0. The van der Waals surface area contributed by atoms with E-state index in [1.54, 1.807) is 0 Å². The quantitative estimate of drug-likeness (QED) is 0.830. The largest absolute Gasteiger partial charge is 0.371 e. The van der Waals surface area contributed by atoms with Gasteiger partial charge in [-0.1, -0.05) is 11.6 Å². The lowest BCUT2D eigenvalue weighted by molar-refractivity contribution is -0.114.